The number of hydrogen-bond donors (Lipinski definition) is 1. The summed E-state index contributed by atoms with van der Waals surface area (Å²) < 4.78 is 12.5. The quantitative estimate of drug-likeness (QED) is 0.703. The van der Waals surface area contributed by atoms with Gasteiger partial charge in [-0.1, -0.05) is 31.9 Å². The minimum absolute atomic E-state index is 0.0251. The summed E-state index contributed by atoms with van der Waals surface area (Å²) >= 11 is 0. The molecule has 0 bridgehead atoms. The highest BCUT2D eigenvalue weighted by atomic mass is 16.5. The molecule has 0 radical (unpaired) electrons. The summed E-state index contributed by atoms with van der Waals surface area (Å²) in [6, 6.07) is 9.37. The van der Waals surface area contributed by atoms with E-state index in [4.69, 9.17) is 9.47 Å². The van der Waals surface area contributed by atoms with Gasteiger partial charge in [-0.2, -0.15) is 0 Å². The van der Waals surface area contributed by atoms with Gasteiger partial charge >= 0.3 is 0 Å². The van der Waals surface area contributed by atoms with Gasteiger partial charge < -0.3 is 19.4 Å². The van der Waals surface area contributed by atoms with Crippen molar-refractivity contribution in [2.45, 2.75) is 39.7 Å². The van der Waals surface area contributed by atoms with Crippen molar-refractivity contribution in [3.05, 3.63) is 51.9 Å². The number of aromatic nitrogens is 1. The number of rotatable bonds is 9. The molecule has 0 spiro atoms. The van der Waals surface area contributed by atoms with Gasteiger partial charge in [0.05, 0.1) is 20.8 Å². The zero-order chi connectivity index (χ0) is 18.2. The first-order valence-corrected chi connectivity index (χ1v) is 8.76. The van der Waals surface area contributed by atoms with Crippen LogP contribution >= 0.6 is 0 Å². The number of nitrogens with zero attached hydrogens (tertiary/aromatic N) is 1. The summed E-state index contributed by atoms with van der Waals surface area (Å²) in [6.45, 7) is 5.46. The Balaban J connectivity index is 2.22. The predicted octanol–water partition coefficient (Wildman–Crippen LogP) is 3.82. The number of anilines is 1. The summed E-state index contributed by atoms with van der Waals surface area (Å²) in [4.78, 5) is 12.6. The van der Waals surface area contributed by atoms with Crippen LogP contribution in [0.4, 0.5) is 5.69 Å². The maximum Gasteiger partial charge on any atom is 0.253 e. The molecule has 0 saturated carbocycles. The molecule has 25 heavy (non-hydrogen) atoms. The maximum atomic E-state index is 12.6. The molecule has 0 unspecified atom stereocenters. The Morgan fingerprint density at radius 3 is 2.56 bits per heavy atom. The van der Waals surface area contributed by atoms with E-state index in [1.807, 2.05) is 31.2 Å². The topological polar surface area (TPSA) is 52.5 Å². The van der Waals surface area contributed by atoms with E-state index in [-0.39, 0.29) is 5.56 Å². The van der Waals surface area contributed by atoms with E-state index in [1.54, 1.807) is 24.9 Å². The Morgan fingerprint density at radius 1 is 1.12 bits per heavy atom. The van der Waals surface area contributed by atoms with Crippen LogP contribution < -0.4 is 20.3 Å². The molecule has 0 aliphatic heterocycles. The number of aryl methyl sites for hydroxylation is 1. The van der Waals surface area contributed by atoms with Gasteiger partial charge in [0.15, 0.2) is 11.5 Å². The van der Waals surface area contributed by atoms with Gasteiger partial charge in [-0.25, -0.2) is 0 Å². The van der Waals surface area contributed by atoms with Gasteiger partial charge in [-0.05, 0) is 25.5 Å². The molecule has 0 fully saturated rings. The van der Waals surface area contributed by atoms with E-state index in [1.165, 1.54) is 12.8 Å². The molecule has 5 nitrogen and oxygen atoms in total. The van der Waals surface area contributed by atoms with Gasteiger partial charge in [0.25, 0.3) is 5.56 Å². The van der Waals surface area contributed by atoms with E-state index >= 15 is 0 Å². The molecule has 1 heterocycles. The average molecular weight is 344 g/mol. The van der Waals surface area contributed by atoms with E-state index in [2.05, 4.69) is 12.2 Å². The van der Waals surface area contributed by atoms with Crippen LogP contribution in [0.25, 0.3) is 0 Å². The number of para-hydroxylation sites is 1. The number of ether oxygens (including phenoxy) is 2. The average Bonchev–Trinajstić information content (AvgIpc) is 2.61. The summed E-state index contributed by atoms with van der Waals surface area (Å²) in [5.41, 5.74) is 2.68. The summed E-state index contributed by atoms with van der Waals surface area (Å²) in [6.07, 6.45) is 3.49. The van der Waals surface area contributed by atoms with Gasteiger partial charge in [-0.3, -0.25) is 4.79 Å². The molecule has 1 N–H and O–H groups in total. The first-order chi connectivity index (χ1) is 12.1. The highest BCUT2D eigenvalue weighted by Gasteiger charge is 2.12. The van der Waals surface area contributed by atoms with E-state index in [0.29, 0.717) is 18.0 Å². The third-order valence-corrected chi connectivity index (χ3v) is 4.26. The lowest BCUT2D eigenvalue weighted by Gasteiger charge is -2.16. The Morgan fingerprint density at radius 2 is 1.92 bits per heavy atom. The van der Waals surface area contributed by atoms with Crippen LogP contribution in [0.2, 0.25) is 0 Å². The van der Waals surface area contributed by atoms with E-state index in [9.17, 15) is 4.79 Å². The summed E-state index contributed by atoms with van der Waals surface area (Å²) in [5, 5.41) is 3.33. The lowest BCUT2D eigenvalue weighted by Crippen LogP contribution is -2.23. The fraction of sp³-hybridized carbons (Fsp3) is 0.450. The Bertz CT molecular complexity index is 753. The standard InChI is InChI=1S/C20H28N2O3/c1-5-6-7-11-21-17-12-15(2)22(19(23)13-17)14-16-9-8-10-18(24-3)20(16)25-4/h8-10,12-13,21H,5-7,11,14H2,1-4H3. The van der Waals surface area contributed by atoms with Gasteiger partial charge in [-0.15, -0.1) is 0 Å². The van der Waals surface area contributed by atoms with Gasteiger partial charge in [0, 0.05) is 29.6 Å². The van der Waals surface area contributed by atoms with Crippen LogP contribution in [-0.2, 0) is 6.54 Å². The molecule has 136 valence electrons. The third kappa shape index (κ3) is 4.78. The zero-order valence-electron chi connectivity index (χ0n) is 15.6. The molecule has 0 aliphatic carbocycles. The first kappa shape index (κ1) is 18.9. The summed E-state index contributed by atoms with van der Waals surface area (Å²) in [5.74, 6) is 1.33. The van der Waals surface area contributed by atoms with Crippen molar-refractivity contribution in [1.82, 2.24) is 4.57 Å². The highest BCUT2D eigenvalue weighted by molar-refractivity contribution is 5.47. The number of hydrogen-bond acceptors (Lipinski definition) is 4. The second-order valence-corrected chi connectivity index (χ2v) is 6.10. The van der Waals surface area contributed by atoms with Crippen molar-refractivity contribution < 1.29 is 9.47 Å². The second kappa shape index (κ2) is 9.16. The van der Waals surface area contributed by atoms with Crippen LogP contribution in [0, 0.1) is 6.92 Å². The zero-order valence-corrected chi connectivity index (χ0v) is 15.6. The van der Waals surface area contributed by atoms with Crippen molar-refractivity contribution in [3.63, 3.8) is 0 Å². The number of methoxy groups -OCH3 is 2. The molecule has 1 aromatic carbocycles. The molecular formula is C20H28N2O3. The van der Waals surface area contributed by atoms with Crippen LogP contribution in [0.1, 0.15) is 37.4 Å². The molecule has 1 aromatic heterocycles. The maximum absolute atomic E-state index is 12.6. The van der Waals surface area contributed by atoms with Gasteiger partial charge in [0.1, 0.15) is 0 Å². The normalized spacial score (nSPS) is 10.6. The lowest BCUT2D eigenvalue weighted by molar-refractivity contribution is 0.351. The van der Waals surface area contributed by atoms with Crippen LogP contribution in [0.5, 0.6) is 11.5 Å². The van der Waals surface area contributed by atoms with Crippen LogP contribution in [0.15, 0.2) is 35.1 Å². The first-order valence-electron chi connectivity index (χ1n) is 8.76. The largest absolute Gasteiger partial charge is 0.493 e. The van der Waals surface area contributed by atoms with Crippen molar-refractivity contribution in [2.24, 2.45) is 0 Å². The minimum atomic E-state index is -0.0251. The molecule has 0 saturated heterocycles. The Hall–Kier alpha value is -2.43. The predicted molar refractivity (Wildman–Crippen MR) is 102 cm³/mol. The van der Waals surface area contributed by atoms with Crippen molar-refractivity contribution >= 4 is 5.69 Å². The minimum Gasteiger partial charge on any atom is -0.493 e. The summed E-state index contributed by atoms with van der Waals surface area (Å²) in [7, 11) is 3.22. The Labute approximate surface area is 149 Å². The monoisotopic (exact) mass is 344 g/mol. The number of unbranched alkanes of at least 4 members (excludes halogenated alkanes) is 2. The fourth-order valence-corrected chi connectivity index (χ4v) is 2.89. The second-order valence-electron chi connectivity index (χ2n) is 6.10. The van der Waals surface area contributed by atoms with Crippen molar-refractivity contribution in [1.29, 1.82) is 0 Å². The molecule has 0 aliphatic rings. The third-order valence-electron chi connectivity index (χ3n) is 4.26. The lowest BCUT2D eigenvalue weighted by atomic mass is 10.1. The van der Waals surface area contributed by atoms with Crippen molar-refractivity contribution in [3.8, 4) is 11.5 Å². The van der Waals surface area contributed by atoms with Crippen LogP contribution in [-0.4, -0.2) is 25.3 Å². The van der Waals surface area contributed by atoms with E-state index < -0.39 is 0 Å². The fourth-order valence-electron chi connectivity index (χ4n) is 2.89. The van der Waals surface area contributed by atoms with Crippen LogP contribution in [0.3, 0.4) is 0 Å². The molecule has 2 aromatic rings. The number of nitrogens with one attached hydrogen (secondary N) is 1. The van der Waals surface area contributed by atoms with Crippen molar-refractivity contribution in [2.75, 3.05) is 26.1 Å². The highest BCUT2D eigenvalue weighted by Crippen LogP contribution is 2.31. The van der Waals surface area contributed by atoms with E-state index in [0.717, 1.165) is 29.9 Å². The Kier molecular flexibility index (Phi) is 6.92. The molecule has 0 amide bonds. The molecule has 0 atom stereocenters. The molecule has 2 rings (SSSR count). The SMILES string of the molecule is CCCCCNc1cc(C)n(Cc2cccc(OC)c2OC)c(=O)c1. The smallest absolute Gasteiger partial charge is 0.253 e. The molecule has 5 heteroatoms. The number of pyridine rings is 1. The molecular weight excluding hydrogens is 316 g/mol. The van der Waals surface area contributed by atoms with Gasteiger partial charge in [0.2, 0.25) is 0 Å². The number of benzene rings is 1.